The average Bonchev–Trinajstić information content (AvgIpc) is 3.24. The summed E-state index contributed by atoms with van der Waals surface area (Å²) in [5, 5.41) is 5.49. The number of hydrogen-bond acceptors (Lipinski definition) is 7. The SMILES string of the molecule is COc1ccc2nc(NC(=O)C3CCN(C(=O)[C@@H]4Sc5ccccc5NC4=O)CC3)sc2c1. The van der Waals surface area contributed by atoms with Gasteiger partial charge in [0.05, 0.1) is 23.0 Å². The number of para-hydroxylation sites is 1. The van der Waals surface area contributed by atoms with E-state index in [4.69, 9.17) is 4.74 Å². The lowest BCUT2D eigenvalue weighted by atomic mass is 9.95. The lowest BCUT2D eigenvalue weighted by molar-refractivity contribution is -0.136. The lowest BCUT2D eigenvalue weighted by Crippen LogP contribution is -2.48. The third kappa shape index (κ3) is 4.40. The first-order valence-electron chi connectivity index (χ1n) is 10.6. The summed E-state index contributed by atoms with van der Waals surface area (Å²) in [7, 11) is 1.61. The summed E-state index contributed by atoms with van der Waals surface area (Å²) in [4.78, 5) is 45.3. The predicted octanol–water partition coefficient (Wildman–Crippen LogP) is 3.60. The number of thiazole rings is 1. The summed E-state index contributed by atoms with van der Waals surface area (Å²) in [5.74, 6) is -0.0487. The van der Waals surface area contributed by atoms with Crippen molar-refractivity contribution >= 4 is 61.9 Å². The van der Waals surface area contributed by atoms with Crippen molar-refractivity contribution in [3.8, 4) is 5.75 Å². The molecule has 1 atom stereocenters. The van der Waals surface area contributed by atoms with E-state index in [0.717, 1.165) is 26.5 Å². The Hall–Kier alpha value is -3.11. The predicted molar refractivity (Wildman–Crippen MR) is 129 cm³/mol. The van der Waals surface area contributed by atoms with Crippen LogP contribution in [0.5, 0.6) is 5.75 Å². The molecule has 1 aromatic heterocycles. The first-order valence-corrected chi connectivity index (χ1v) is 12.3. The molecule has 2 N–H and O–H groups in total. The largest absolute Gasteiger partial charge is 0.497 e. The molecular formula is C23H22N4O4S2. The number of anilines is 2. The van der Waals surface area contributed by atoms with E-state index in [1.807, 2.05) is 42.5 Å². The number of thioether (sulfide) groups is 1. The minimum absolute atomic E-state index is 0.0909. The molecule has 170 valence electrons. The Labute approximate surface area is 198 Å². The molecule has 2 aliphatic heterocycles. The molecule has 0 saturated carbocycles. The molecule has 0 bridgehead atoms. The molecular weight excluding hydrogens is 460 g/mol. The molecule has 5 rings (SSSR count). The van der Waals surface area contributed by atoms with Crippen LogP contribution < -0.4 is 15.4 Å². The second-order valence-corrected chi connectivity index (χ2v) is 10.1. The van der Waals surface area contributed by atoms with Crippen LogP contribution in [0.1, 0.15) is 12.8 Å². The van der Waals surface area contributed by atoms with Crippen LogP contribution in [0.25, 0.3) is 10.2 Å². The van der Waals surface area contributed by atoms with Gasteiger partial charge in [0.25, 0.3) is 0 Å². The van der Waals surface area contributed by atoms with Gasteiger partial charge in [-0.2, -0.15) is 0 Å². The molecule has 10 heteroatoms. The van der Waals surface area contributed by atoms with E-state index in [-0.39, 0.29) is 23.6 Å². The molecule has 0 unspecified atom stereocenters. The van der Waals surface area contributed by atoms with Crippen LogP contribution in [-0.2, 0) is 14.4 Å². The molecule has 1 fully saturated rings. The fraction of sp³-hybridized carbons (Fsp3) is 0.304. The summed E-state index contributed by atoms with van der Waals surface area (Å²) >= 11 is 2.69. The normalized spacial score (nSPS) is 18.5. The third-order valence-corrected chi connectivity index (χ3v) is 8.05. The number of likely N-dealkylation sites (tertiary alicyclic amines) is 1. The summed E-state index contributed by atoms with van der Waals surface area (Å²) in [6, 6.07) is 13.1. The summed E-state index contributed by atoms with van der Waals surface area (Å²) in [5.41, 5.74) is 1.54. The number of ether oxygens (including phenoxy) is 1. The number of nitrogens with zero attached hydrogens (tertiary/aromatic N) is 2. The van der Waals surface area contributed by atoms with E-state index < -0.39 is 5.25 Å². The van der Waals surface area contributed by atoms with Gasteiger partial charge in [0.15, 0.2) is 10.4 Å². The van der Waals surface area contributed by atoms with Crippen molar-refractivity contribution in [2.45, 2.75) is 23.0 Å². The average molecular weight is 483 g/mol. The fourth-order valence-electron chi connectivity index (χ4n) is 4.03. The van der Waals surface area contributed by atoms with E-state index in [1.54, 1.807) is 12.0 Å². The van der Waals surface area contributed by atoms with Crippen molar-refractivity contribution in [2.75, 3.05) is 30.8 Å². The number of fused-ring (bicyclic) bond motifs is 2. The molecule has 2 aromatic carbocycles. The standard InChI is InChI=1S/C23H22N4O4S2/c1-31-14-6-7-16-18(12-14)33-23(25-16)26-20(28)13-8-10-27(11-9-13)22(30)19-21(29)24-15-4-2-3-5-17(15)32-19/h2-7,12-13,19H,8-11H2,1H3,(H,24,29)(H,25,26,28)/t19-/m1/s1. The van der Waals surface area contributed by atoms with Gasteiger partial charge in [-0.1, -0.05) is 23.5 Å². The number of carbonyl (C=O) groups is 3. The number of hydrogen-bond donors (Lipinski definition) is 2. The Kier molecular flexibility index (Phi) is 5.94. The van der Waals surface area contributed by atoms with Crippen molar-refractivity contribution in [3.63, 3.8) is 0 Å². The Morgan fingerprint density at radius 2 is 1.97 bits per heavy atom. The van der Waals surface area contributed by atoms with Gasteiger partial charge in [-0.15, -0.1) is 11.8 Å². The van der Waals surface area contributed by atoms with Gasteiger partial charge in [-0.3, -0.25) is 14.4 Å². The molecule has 3 heterocycles. The van der Waals surface area contributed by atoms with Gasteiger partial charge >= 0.3 is 0 Å². The number of methoxy groups -OCH3 is 1. The Morgan fingerprint density at radius 1 is 1.18 bits per heavy atom. The van der Waals surface area contributed by atoms with Gasteiger partial charge in [0.2, 0.25) is 17.7 Å². The van der Waals surface area contributed by atoms with Gasteiger partial charge < -0.3 is 20.3 Å². The maximum Gasteiger partial charge on any atom is 0.247 e. The minimum Gasteiger partial charge on any atom is -0.497 e. The van der Waals surface area contributed by atoms with Crippen molar-refractivity contribution in [3.05, 3.63) is 42.5 Å². The highest BCUT2D eigenvalue weighted by Crippen LogP contribution is 2.36. The zero-order chi connectivity index (χ0) is 22.9. The first-order chi connectivity index (χ1) is 16.0. The Morgan fingerprint density at radius 3 is 2.76 bits per heavy atom. The summed E-state index contributed by atoms with van der Waals surface area (Å²) in [6.45, 7) is 0.889. The summed E-state index contributed by atoms with van der Waals surface area (Å²) < 4.78 is 6.18. The smallest absolute Gasteiger partial charge is 0.247 e. The fourth-order valence-corrected chi connectivity index (χ4v) is 6.00. The first kappa shape index (κ1) is 21.7. The lowest BCUT2D eigenvalue weighted by Gasteiger charge is -2.34. The molecule has 3 aromatic rings. The number of aromatic nitrogens is 1. The maximum absolute atomic E-state index is 13.0. The highest BCUT2D eigenvalue weighted by atomic mass is 32.2. The number of piperidine rings is 1. The molecule has 33 heavy (non-hydrogen) atoms. The molecule has 2 aliphatic rings. The van der Waals surface area contributed by atoms with Gasteiger partial charge in [0, 0.05) is 23.9 Å². The van der Waals surface area contributed by atoms with Crippen molar-refractivity contribution < 1.29 is 19.1 Å². The van der Waals surface area contributed by atoms with E-state index >= 15 is 0 Å². The van der Waals surface area contributed by atoms with Crippen LogP contribution in [-0.4, -0.2) is 53.1 Å². The van der Waals surface area contributed by atoms with Crippen LogP contribution >= 0.6 is 23.1 Å². The zero-order valence-corrected chi connectivity index (χ0v) is 19.5. The molecule has 0 spiro atoms. The minimum atomic E-state index is -0.801. The van der Waals surface area contributed by atoms with Crippen LogP contribution in [0.15, 0.2) is 47.4 Å². The van der Waals surface area contributed by atoms with Crippen molar-refractivity contribution in [1.29, 1.82) is 0 Å². The topological polar surface area (TPSA) is 101 Å². The highest BCUT2D eigenvalue weighted by molar-refractivity contribution is 8.01. The highest BCUT2D eigenvalue weighted by Gasteiger charge is 2.37. The van der Waals surface area contributed by atoms with E-state index in [2.05, 4.69) is 15.6 Å². The van der Waals surface area contributed by atoms with E-state index in [9.17, 15) is 14.4 Å². The molecule has 3 amide bonds. The number of amides is 3. The number of benzene rings is 2. The van der Waals surface area contributed by atoms with Gasteiger partial charge in [-0.25, -0.2) is 4.98 Å². The second kappa shape index (κ2) is 9.03. The maximum atomic E-state index is 13.0. The van der Waals surface area contributed by atoms with E-state index in [1.165, 1.54) is 23.1 Å². The third-order valence-electron chi connectivity index (χ3n) is 5.86. The number of nitrogens with one attached hydrogen (secondary N) is 2. The van der Waals surface area contributed by atoms with Gasteiger partial charge in [-0.05, 0) is 43.2 Å². The van der Waals surface area contributed by atoms with Crippen molar-refractivity contribution in [2.24, 2.45) is 5.92 Å². The van der Waals surface area contributed by atoms with Crippen LogP contribution in [0, 0.1) is 5.92 Å². The van der Waals surface area contributed by atoms with Crippen LogP contribution in [0.2, 0.25) is 0 Å². The molecule has 8 nitrogen and oxygen atoms in total. The van der Waals surface area contributed by atoms with Crippen molar-refractivity contribution in [1.82, 2.24) is 9.88 Å². The molecule has 1 saturated heterocycles. The zero-order valence-electron chi connectivity index (χ0n) is 17.9. The molecule has 0 radical (unpaired) electrons. The summed E-state index contributed by atoms with van der Waals surface area (Å²) in [6.07, 6.45) is 1.10. The van der Waals surface area contributed by atoms with E-state index in [0.29, 0.717) is 31.1 Å². The van der Waals surface area contributed by atoms with Crippen LogP contribution in [0.3, 0.4) is 0 Å². The molecule has 0 aliphatic carbocycles. The number of rotatable bonds is 4. The quantitative estimate of drug-likeness (QED) is 0.551. The van der Waals surface area contributed by atoms with Crippen LogP contribution in [0.4, 0.5) is 10.8 Å². The Bertz CT molecular complexity index is 1240. The van der Waals surface area contributed by atoms with Gasteiger partial charge in [0.1, 0.15) is 5.75 Å². The monoisotopic (exact) mass is 482 g/mol. The Balaban J connectivity index is 1.18. The number of carbonyl (C=O) groups excluding carboxylic acids is 3. The second-order valence-electron chi connectivity index (χ2n) is 7.92.